The van der Waals surface area contributed by atoms with Gasteiger partial charge < -0.3 is 29.2 Å². The molecule has 2 saturated heterocycles. The number of hydrogen-bond donors (Lipinski definition) is 2. The molecular weight excluding hydrogens is 240 g/mol. The number of fused-ring (bicyclic) bond motifs is 2. The molecule has 3 aliphatic rings. The first-order valence-electron chi connectivity index (χ1n) is 6.28. The summed E-state index contributed by atoms with van der Waals surface area (Å²) in [6.07, 6.45) is -4.09. The third-order valence-electron chi connectivity index (χ3n) is 3.67. The predicted octanol–water partition coefficient (Wildman–Crippen LogP) is -0.238. The van der Waals surface area contributed by atoms with Crippen LogP contribution in [0.3, 0.4) is 0 Å². The van der Waals surface area contributed by atoms with Crippen molar-refractivity contribution in [1.29, 1.82) is 0 Å². The highest BCUT2D eigenvalue weighted by atomic mass is 16.8. The molecule has 0 aromatic carbocycles. The smallest absolute Gasteiger partial charge is 0.164 e. The van der Waals surface area contributed by atoms with E-state index in [1.165, 1.54) is 0 Å². The Balaban J connectivity index is 1.88. The van der Waals surface area contributed by atoms with E-state index in [2.05, 4.69) is 0 Å². The first kappa shape index (κ1) is 12.8. The molecule has 3 fully saturated rings. The molecule has 6 atom stereocenters. The van der Waals surface area contributed by atoms with E-state index < -0.39 is 48.2 Å². The van der Waals surface area contributed by atoms with Gasteiger partial charge in [0.15, 0.2) is 11.6 Å². The molecule has 18 heavy (non-hydrogen) atoms. The Bertz CT molecular complexity index is 292. The molecule has 0 spiro atoms. The van der Waals surface area contributed by atoms with Crippen molar-refractivity contribution in [2.75, 3.05) is 0 Å². The molecule has 0 aromatic heterocycles. The molecule has 2 unspecified atom stereocenters. The van der Waals surface area contributed by atoms with Crippen LogP contribution in [0.15, 0.2) is 0 Å². The highest BCUT2D eigenvalue weighted by molar-refractivity contribution is 5.07. The van der Waals surface area contributed by atoms with Gasteiger partial charge in [-0.3, -0.25) is 0 Å². The van der Waals surface area contributed by atoms with E-state index in [4.69, 9.17) is 18.9 Å². The monoisotopic (exact) mass is 260 g/mol. The normalized spacial score (nSPS) is 53.0. The Kier molecular flexibility index (Phi) is 2.59. The second-order valence-electron chi connectivity index (χ2n) is 6.11. The summed E-state index contributed by atoms with van der Waals surface area (Å²) in [5.41, 5.74) is 0. The number of hydrogen-bond acceptors (Lipinski definition) is 6. The summed E-state index contributed by atoms with van der Waals surface area (Å²) in [4.78, 5) is 0. The van der Waals surface area contributed by atoms with Crippen molar-refractivity contribution < 1.29 is 29.2 Å². The van der Waals surface area contributed by atoms with Gasteiger partial charge >= 0.3 is 0 Å². The Morgan fingerprint density at radius 1 is 0.611 bits per heavy atom. The van der Waals surface area contributed by atoms with Crippen molar-refractivity contribution in [3.05, 3.63) is 0 Å². The maximum absolute atomic E-state index is 10.3. The van der Waals surface area contributed by atoms with E-state index in [1.807, 2.05) is 0 Å². The standard InChI is InChI=1S/C12H20O6/c1-11(2)15-7-5(13)9-10(6(14)8(7)16-11)18-12(3,4)17-9/h5-10,13-14H,1-4H3/t5?,6?,7-,8-,9-,10+/m1/s1. The Labute approximate surface area is 106 Å². The Hall–Kier alpha value is -0.240. The zero-order valence-electron chi connectivity index (χ0n) is 11.0. The van der Waals surface area contributed by atoms with Crippen LogP contribution >= 0.6 is 0 Å². The lowest BCUT2D eigenvalue weighted by Crippen LogP contribution is -2.61. The van der Waals surface area contributed by atoms with Crippen molar-refractivity contribution in [3.63, 3.8) is 0 Å². The van der Waals surface area contributed by atoms with Crippen LogP contribution < -0.4 is 0 Å². The third-order valence-corrected chi connectivity index (χ3v) is 3.67. The van der Waals surface area contributed by atoms with Gasteiger partial charge in [0.1, 0.15) is 36.6 Å². The number of ether oxygens (including phenoxy) is 4. The zero-order chi connectivity index (χ0) is 13.3. The van der Waals surface area contributed by atoms with Gasteiger partial charge in [0.05, 0.1) is 0 Å². The van der Waals surface area contributed by atoms with Crippen molar-refractivity contribution in [2.24, 2.45) is 0 Å². The van der Waals surface area contributed by atoms with Gasteiger partial charge in [-0.1, -0.05) is 0 Å². The van der Waals surface area contributed by atoms with E-state index in [0.29, 0.717) is 0 Å². The summed E-state index contributed by atoms with van der Waals surface area (Å²) in [5.74, 6) is -1.63. The van der Waals surface area contributed by atoms with Crippen LogP contribution in [0, 0.1) is 0 Å². The summed E-state index contributed by atoms with van der Waals surface area (Å²) in [6, 6.07) is 0. The summed E-state index contributed by atoms with van der Waals surface area (Å²) < 4.78 is 22.6. The summed E-state index contributed by atoms with van der Waals surface area (Å²) in [5, 5.41) is 20.6. The molecule has 6 heteroatoms. The molecule has 0 bridgehead atoms. The lowest BCUT2D eigenvalue weighted by Gasteiger charge is -2.38. The highest BCUT2D eigenvalue weighted by Crippen LogP contribution is 2.43. The van der Waals surface area contributed by atoms with Crippen molar-refractivity contribution in [2.45, 2.75) is 75.9 Å². The maximum Gasteiger partial charge on any atom is 0.164 e. The van der Waals surface area contributed by atoms with Crippen LogP contribution in [0.25, 0.3) is 0 Å². The van der Waals surface area contributed by atoms with Crippen molar-refractivity contribution in [1.82, 2.24) is 0 Å². The molecule has 1 saturated carbocycles. The molecule has 1 aliphatic carbocycles. The first-order valence-corrected chi connectivity index (χ1v) is 6.28. The van der Waals surface area contributed by atoms with Crippen LogP contribution in [-0.4, -0.2) is 58.4 Å². The summed E-state index contributed by atoms with van der Waals surface area (Å²) in [7, 11) is 0. The lowest BCUT2D eigenvalue weighted by atomic mass is 9.85. The number of aliphatic hydroxyl groups excluding tert-OH is 2. The molecule has 0 radical (unpaired) electrons. The zero-order valence-corrected chi connectivity index (χ0v) is 11.0. The minimum Gasteiger partial charge on any atom is -0.387 e. The van der Waals surface area contributed by atoms with Gasteiger partial charge in [-0.15, -0.1) is 0 Å². The Morgan fingerprint density at radius 2 is 0.833 bits per heavy atom. The van der Waals surface area contributed by atoms with Gasteiger partial charge in [0.25, 0.3) is 0 Å². The molecule has 2 N–H and O–H groups in total. The minimum atomic E-state index is -0.869. The van der Waals surface area contributed by atoms with E-state index in [1.54, 1.807) is 27.7 Å². The van der Waals surface area contributed by atoms with E-state index in [9.17, 15) is 10.2 Å². The second kappa shape index (κ2) is 3.65. The van der Waals surface area contributed by atoms with Crippen LogP contribution in [0.1, 0.15) is 27.7 Å². The topological polar surface area (TPSA) is 77.4 Å². The van der Waals surface area contributed by atoms with E-state index >= 15 is 0 Å². The predicted molar refractivity (Wildman–Crippen MR) is 59.7 cm³/mol. The summed E-state index contributed by atoms with van der Waals surface area (Å²) >= 11 is 0. The van der Waals surface area contributed by atoms with Crippen LogP contribution in [0.4, 0.5) is 0 Å². The van der Waals surface area contributed by atoms with E-state index in [0.717, 1.165) is 0 Å². The second-order valence-corrected chi connectivity index (χ2v) is 6.11. The molecule has 0 amide bonds. The van der Waals surface area contributed by atoms with Gasteiger partial charge in [0.2, 0.25) is 0 Å². The third kappa shape index (κ3) is 1.79. The molecule has 3 rings (SSSR count). The molecule has 2 aliphatic heterocycles. The van der Waals surface area contributed by atoms with Crippen LogP contribution in [0.5, 0.6) is 0 Å². The molecule has 6 nitrogen and oxygen atoms in total. The average molecular weight is 260 g/mol. The van der Waals surface area contributed by atoms with E-state index in [-0.39, 0.29) is 0 Å². The van der Waals surface area contributed by atoms with Crippen molar-refractivity contribution in [3.8, 4) is 0 Å². The van der Waals surface area contributed by atoms with Crippen LogP contribution in [0.2, 0.25) is 0 Å². The number of rotatable bonds is 0. The molecule has 0 aromatic rings. The van der Waals surface area contributed by atoms with Gasteiger partial charge in [0, 0.05) is 0 Å². The van der Waals surface area contributed by atoms with Gasteiger partial charge in [-0.05, 0) is 27.7 Å². The maximum atomic E-state index is 10.3. The fraction of sp³-hybridized carbons (Fsp3) is 1.00. The number of aliphatic hydroxyl groups is 2. The molecule has 104 valence electrons. The summed E-state index contributed by atoms with van der Waals surface area (Å²) in [6.45, 7) is 7.02. The largest absolute Gasteiger partial charge is 0.387 e. The molecule has 2 heterocycles. The first-order chi connectivity index (χ1) is 8.20. The lowest BCUT2D eigenvalue weighted by molar-refractivity contribution is -0.183. The van der Waals surface area contributed by atoms with Crippen LogP contribution in [-0.2, 0) is 18.9 Å². The van der Waals surface area contributed by atoms with Gasteiger partial charge in [-0.2, -0.15) is 0 Å². The van der Waals surface area contributed by atoms with Crippen molar-refractivity contribution >= 4 is 0 Å². The Morgan fingerprint density at radius 3 is 1.06 bits per heavy atom. The molecular formula is C12H20O6. The minimum absolute atomic E-state index is 0.589. The fourth-order valence-corrected chi connectivity index (χ4v) is 3.06. The SMILES string of the molecule is CC1(C)O[C@@H]2C(O)[C@H]3OC(C)(C)O[C@H]3C(O)[C@H]2O1. The van der Waals surface area contributed by atoms with Gasteiger partial charge in [-0.25, -0.2) is 0 Å². The quantitative estimate of drug-likeness (QED) is 0.626. The highest BCUT2D eigenvalue weighted by Gasteiger charge is 2.62. The fourth-order valence-electron chi connectivity index (χ4n) is 3.06. The average Bonchev–Trinajstić information content (AvgIpc) is 2.72.